The van der Waals surface area contributed by atoms with Crippen molar-refractivity contribution in [3.05, 3.63) is 48.3 Å². The van der Waals surface area contributed by atoms with Gasteiger partial charge in [-0.15, -0.1) is 0 Å². The summed E-state index contributed by atoms with van der Waals surface area (Å²) in [6, 6.07) is 9.78. The normalized spacial score (nSPS) is 11.5. The first kappa shape index (κ1) is 26.6. The molecule has 0 spiro atoms. The topological polar surface area (TPSA) is 101 Å². The van der Waals surface area contributed by atoms with Crippen LogP contribution in [-0.2, 0) is 37.9 Å². The maximum Gasteiger partial charge on any atom is 0.243 e. The minimum absolute atomic E-state index is 0.0754. The highest BCUT2D eigenvalue weighted by Crippen LogP contribution is 2.20. The van der Waals surface area contributed by atoms with Crippen molar-refractivity contribution in [2.24, 2.45) is 7.05 Å². The molecule has 0 aliphatic carbocycles. The summed E-state index contributed by atoms with van der Waals surface area (Å²) in [6.45, 7) is 4.39. The highest BCUT2D eigenvalue weighted by molar-refractivity contribution is 7.89. The third-order valence-corrected chi connectivity index (χ3v) is 7.07. The average molecular weight is 479 g/mol. The number of rotatable bonds is 13. The second-order valence-corrected chi connectivity index (χ2v) is 9.75. The Morgan fingerprint density at radius 3 is 2.36 bits per heavy atom. The molecule has 182 valence electrons. The van der Waals surface area contributed by atoms with E-state index in [4.69, 9.17) is 4.74 Å². The highest BCUT2D eigenvalue weighted by atomic mass is 32.2. The van der Waals surface area contributed by atoms with E-state index in [1.807, 2.05) is 36.9 Å². The van der Waals surface area contributed by atoms with Crippen LogP contribution in [0.5, 0.6) is 0 Å². The molecule has 1 N–H and O–H groups in total. The molecule has 2 rings (SSSR count). The van der Waals surface area contributed by atoms with E-state index >= 15 is 0 Å². The molecule has 0 bridgehead atoms. The number of sulfonamides is 1. The lowest BCUT2D eigenvalue weighted by Crippen LogP contribution is -2.44. The molecule has 0 saturated carbocycles. The number of benzene rings is 1. The van der Waals surface area contributed by atoms with Crippen molar-refractivity contribution in [2.45, 2.75) is 38.1 Å². The number of aromatic nitrogens is 1. The van der Waals surface area contributed by atoms with Gasteiger partial charge in [-0.3, -0.25) is 9.59 Å². The van der Waals surface area contributed by atoms with Crippen molar-refractivity contribution in [3.63, 3.8) is 0 Å². The van der Waals surface area contributed by atoms with Gasteiger partial charge in [0.1, 0.15) is 0 Å². The highest BCUT2D eigenvalue weighted by Gasteiger charge is 2.28. The van der Waals surface area contributed by atoms with Crippen LogP contribution in [0.25, 0.3) is 0 Å². The van der Waals surface area contributed by atoms with Crippen LogP contribution in [-0.4, -0.2) is 67.4 Å². The molecule has 33 heavy (non-hydrogen) atoms. The predicted octanol–water partition coefficient (Wildman–Crippen LogP) is 2.45. The predicted molar refractivity (Wildman–Crippen MR) is 127 cm³/mol. The molecule has 0 aliphatic rings. The van der Waals surface area contributed by atoms with Crippen molar-refractivity contribution in [1.82, 2.24) is 13.8 Å². The molecule has 0 atom stereocenters. The molecular formula is C23H34N4O5S. The molecule has 1 aromatic heterocycles. The van der Waals surface area contributed by atoms with Gasteiger partial charge in [-0.25, -0.2) is 8.42 Å². The monoisotopic (exact) mass is 478 g/mol. The summed E-state index contributed by atoms with van der Waals surface area (Å²) < 4.78 is 35.0. The van der Waals surface area contributed by atoms with Crippen LogP contribution in [0.1, 0.15) is 32.4 Å². The quantitative estimate of drug-likeness (QED) is 0.477. The van der Waals surface area contributed by atoms with E-state index in [-0.39, 0.29) is 29.8 Å². The van der Waals surface area contributed by atoms with Gasteiger partial charge >= 0.3 is 0 Å². The summed E-state index contributed by atoms with van der Waals surface area (Å²) in [6.07, 6.45) is 3.32. The number of unbranched alkanes of at least 4 members (excludes halogenated alkanes) is 1. The zero-order valence-electron chi connectivity index (χ0n) is 19.8. The van der Waals surface area contributed by atoms with Crippen LogP contribution in [0.4, 0.5) is 5.69 Å². The third kappa shape index (κ3) is 7.69. The number of anilines is 1. The Kier molecular flexibility index (Phi) is 10.1. The van der Waals surface area contributed by atoms with Gasteiger partial charge in [-0.1, -0.05) is 13.3 Å². The smallest absolute Gasteiger partial charge is 0.243 e. The van der Waals surface area contributed by atoms with Crippen molar-refractivity contribution < 1.29 is 22.7 Å². The summed E-state index contributed by atoms with van der Waals surface area (Å²) in [5, 5.41) is 2.62. The number of amides is 2. The standard InChI is InChI=1S/C23H34N4O5S/c1-5-6-14-27(33(30,31)22-11-9-20(10-12-22)24-19(2)28)18-23(29)26(15-16-32-4)17-21-8-7-13-25(21)3/h7-13H,5-6,14-18H2,1-4H3,(H,24,28). The molecule has 0 saturated heterocycles. The Bertz CT molecular complexity index is 1020. The zero-order valence-corrected chi connectivity index (χ0v) is 20.6. The van der Waals surface area contributed by atoms with Crippen LogP contribution in [0.3, 0.4) is 0 Å². The number of ether oxygens (including phenoxy) is 1. The van der Waals surface area contributed by atoms with E-state index < -0.39 is 10.0 Å². The first-order valence-electron chi connectivity index (χ1n) is 10.9. The summed E-state index contributed by atoms with van der Waals surface area (Å²) in [5.41, 5.74) is 1.45. The Labute approximate surface area is 196 Å². The van der Waals surface area contributed by atoms with Crippen LogP contribution >= 0.6 is 0 Å². The van der Waals surface area contributed by atoms with Crippen molar-refractivity contribution >= 4 is 27.5 Å². The van der Waals surface area contributed by atoms with Crippen molar-refractivity contribution in [3.8, 4) is 0 Å². The molecule has 0 fully saturated rings. The zero-order chi connectivity index (χ0) is 24.4. The molecule has 0 aliphatic heterocycles. The number of nitrogens with one attached hydrogen (secondary N) is 1. The summed E-state index contributed by atoms with van der Waals surface area (Å²) in [7, 11) is -0.438. The van der Waals surface area contributed by atoms with Gasteiger partial charge in [-0.2, -0.15) is 4.31 Å². The summed E-state index contributed by atoms with van der Waals surface area (Å²) >= 11 is 0. The van der Waals surface area contributed by atoms with Gasteiger partial charge in [0.25, 0.3) is 0 Å². The largest absolute Gasteiger partial charge is 0.383 e. The number of carbonyl (C=O) groups excluding carboxylic acids is 2. The molecule has 1 heterocycles. The lowest BCUT2D eigenvalue weighted by Gasteiger charge is -2.27. The summed E-state index contributed by atoms with van der Waals surface area (Å²) in [4.78, 5) is 26.1. The molecule has 9 nitrogen and oxygen atoms in total. The van der Waals surface area contributed by atoms with Gasteiger partial charge in [0.15, 0.2) is 0 Å². The minimum Gasteiger partial charge on any atom is -0.383 e. The first-order valence-corrected chi connectivity index (χ1v) is 12.4. The van der Waals surface area contributed by atoms with E-state index in [1.165, 1.54) is 35.5 Å². The molecule has 1 aromatic carbocycles. The Hall–Kier alpha value is -2.69. The van der Waals surface area contributed by atoms with Gasteiger partial charge in [0, 0.05) is 51.7 Å². The Balaban J connectivity index is 2.24. The van der Waals surface area contributed by atoms with Gasteiger partial charge < -0.3 is 19.5 Å². The fourth-order valence-electron chi connectivity index (χ4n) is 3.28. The van der Waals surface area contributed by atoms with E-state index in [2.05, 4.69) is 5.32 Å². The van der Waals surface area contributed by atoms with Crippen molar-refractivity contribution in [2.75, 3.05) is 38.7 Å². The summed E-state index contributed by atoms with van der Waals surface area (Å²) in [5.74, 6) is -0.530. The van der Waals surface area contributed by atoms with Gasteiger partial charge in [0.05, 0.1) is 24.6 Å². The number of nitrogens with zero attached hydrogens (tertiary/aromatic N) is 3. The Morgan fingerprint density at radius 2 is 1.82 bits per heavy atom. The minimum atomic E-state index is -3.90. The third-order valence-electron chi connectivity index (χ3n) is 5.21. The van der Waals surface area contributed by atoms with Crippen LogP contribution in [0.2, 0.25) is 0 Å². The van der Waals surface area contributed by atoms with Gasteiger partial charge in [0.2, 0.25) is 21.8 Å². The maximum absolute atomic E-state index is 13.4. The fraction of sp³-hybridized carbons (Fsp3) is 0.478. The first-order chi connectivity index (χ1) is 15.7. The number of hydrogen-bond donors (Lipinski definition) is 1. The molecule has 0 radical (unpaired) electrons. The van der Waals surface area contributed by atoms with E-state index in [0.29, 0.717) is 31.8 Å². The van der Waals surface area contributed by atoms with Crippen LogP contribution in [0, 0.1) is 0 Å². The number of methoxy groups -OCH3 is 1. The van der Waals surface area contributed by atoms with Gasteiger partial charge in [-0.05, 0) is 42.8 Å². The lowest BCUT2D eigenvalue weighted by atomic mass is 10.3. The van der Waals surface area contributed by atoms with Crippen LogP contribution < -0.4 is 5.32 Å². The number of carbonyl (C=O) groups is 2. The number of hydrogen-bond acceptors (Lipinski definition) is 5. The van der Waals surface area contributed by atoms with Crippen molar-refractivity contribution in [1.29, 1.82) is 0 Å². The van der Waals surface area contributed by atoms with Crippen LogP contribution in [0.15, 0.2) is 47.5 Å². The van der Waals surface area contributed by atoms with E-state index in [0.717, 1.165) is 12.1 Å². The van der Waals surface area contributed by atoms with E-state index in [9.17, 15) is 18.0 Å². The average Bonchev–Trinajstić information content (AvgIpc) is 3.18. The molecule has 2 amide bonds. The number of aryl methyl sites for hydroxylation is 1. The molecule has 0 unspecified atom stereocenters. The molecular weight excluding hydrogens is 444 g/mol. The lowest BCUT2D eigenvalue weighted by molar-refractivity contribution is -0.132. The SMILES string of the molecule is CCCCN(CC(=O)N(CCOC)Cc1cccn1C)S(=O)(=O)c1ccc(NC(C)=O)cc1. The second-order valence-electron chi connectivity index (χ2n) is 7.82. The van der Waals surface area contributed by atoms with E-state index in [1.54, 1.807) is 12.0 Å². The molecule has 10 heteroatoms. The fourth-order valence-corrected chi connectivity index (χ4v) is 4.71. The maximum atomic E-state index is 13.4. The second kappa shape index (κ2) is 12.5. The Morgan fingerprint density at radius 1 is 1.12 bits per heavy atom. The molecule has 2 aromatic rings.